The van der Waals surface area contributed by atoms with Crippen LogP contribution in [0.15, 0.2) is 24.3 Å². The molecule has 3 amide bonds. The lowest BCUT2D eigenvalue weighted by atomic mass is 10.1. The van der Waals surface area contributed by atoms with E-state index < -0.39 is 129 Å². The molecule has 3 atom stereocenters. The van der Waals surface area contributed by atoms with Gasteiger partial charge in [0.2, 0.25) is 17.7 Å². The van der Waals surface area contributed by atoms with Crippen LogP contribution in [0, 0.1) is 6.92 Å². The van der Waals surface area contributed by atoms with Gasteiger partial charge in [0.15, 0.2) is 0 Å². The number of hydrogen-bond donors (Lipinski definition) is 11. The number of benzene rings is 1. The Morgan fingerprint density at radius 3 is 1.00 bits per heavy atom. The Kier molecular flexibility index (Phi) is 29.3. The lowest BCUT2D eigenvalue weighted by Crippen LogP contribution is -2.53. The molecule has 0 aliphatic carbocycles. The van der Waals surface area contributed by atoms with E-state index in [1.807, 2.05) is 19.1 Å². The maximum atomic E-state index is 13.8. The van der Waals surface area contributed by atoms with Gasteiger partial charge in [0.25, 0.3) is 0 Å². The molecule has 0 aromatic heterocycles. The largest absolute Gasteiger partial charge is 0.480 e. The molecule has 79 heavy (non-hydrogen) atoms. The minimum absolute atomic E-state index is 0.00359. The molecule has 0 bridgehead atoms. The number of rotatable bonds is 28. The van der Waals surface area contributed by atoms with Gasteiger partial charge in [0, 0.05) is 131 Å². The average Bonchev–Trinajstić information content (AvgIpc) is 3.35. The normalized spacial score (nSPS) is 18.4. The van der Waals surface area contributed by atoms with E-state index >= 15 is 0 Å². The second-order valence-electron chi connectivity index (χ2n) is 19.5. The van der Waals surface area contributed by atoms with Crippen molar-refractivity contribution < 1.29 is 93.6 Å². The van der Waals surface area contributed by atoms with Crippen molar-refractivity contribution in [3.63, 3.8) is 0 Å². The summed E-state index contributed by atoms with van der Waals surface area (Å²) < 4.78 is 0. The molecular weight excluding hydrogens is 1050 g/mol. The summed E-state index contributed by atoms with van der Waals surface area (Å²) in [6.07, 6.45) is -1.55. The van der Waals surface area contributed by atoms with Crippen LogP contribution in [-0.2, 0) is 59.3 Å². The number of nitrogens with one attached hydrogen (secondary N) is 3. The van der Waals surface area contributed by atoms with E-state index in [1.165, 1.54) is 29.4 Å². The van der Waals surface area contributed by atoms with Gasteiger partial charge in [0.1, 0.15) is 18.1 Å². The summed E-state index contributed by atoms with van der Waals surface area (Å²) in [5.41, 5.74) is 1.65. The van der Waals surface area contributed by atoms with Gasteiger partial charge in [-0.1, -0.05) is 29.8 Å². The Hall–Kier alpha value is -6.93. The highest BCUT2D eigenvalue weighted by atomic mass is 16.4. The lowest BCUT2D eigenvalue weighted by molar-refractivity contribution is -0.145. The van der Waals surface area contributed by atoms with E-state index in [-0.39, 0.29) is 137 Å². The number of carboxylic acids is 8. The molecule has 0 radical (unpaired) electrons. The highest BCUT2D eigenvalue weighted by Gasteiger charge is 2.32. The Bertz CT molecular complexity index is 2160. The zero-order valence-corrected chi connectivity index (χ0v) is 44.5. The van der Waals surface area contributed by atoms with Crippen LogP contribution in [0.3, 0.4) is 0 Å². The second-order valence-corrected chi connectivity index (χ2v) is 19.5. The number of carbonyl (C=O) groups is 11. The van der Waals surface area contributed by atoms with Crippen LogP contribution in [0.4, 0.5) is 0 Å². The third-order valence-electron chi connectivity index (χ3n) is 13.4. The van der Waals surface area contributed by atoms with E-state index in [0.29, 0.717) is 5.56 Å². The topological polar surface area (TPSA) is 412 Å². The number of aliphatic carboxylic acids is 8. The van der Waals surface area contributed by atoms with Crippen molar-refractivity contribution in [2.45, 2.75) is 57.3 Å². The Labute approximate surface area is 456 Å². The van der Waals surface area contributed by atoms with Crippen molar-refractivity contribution in [3.05, 3.63) is 35.4 Å². The van der Waals surface area contributed by atoms with Gasteiger partial charge in [-0.15, -0.1) is 0 Å². The Morgan fingerprint density at radius 2 is 0.709 bits per heavy atom. The van der Waals surface area contributed by atoms with Crippen molar-refractivity contribution in [1.82, 2.24) is 55.1 Å². The van der Waals surface area contributed by atoms with Crippen LogP contribution in [0.5, 0.6) is 0 Å². The highest BCUT2D eigenvalue weighted by Crippen LogP contribution is 2.14. The molecule has 2 aliphatic rings. The molecule has 442 valence electrons. The minimum atomic E-state index is -1.45. The summed E-state index contributed by atoms with van der Waals surface area (Å²) in [6.45, 7) is -0.549. The molecule has 2 heterocycles. The highest BCUT2D eigenvalue weighted by molar-refractivity contribution is 5.89. The molecule has 2 fully saturated rings. The van der Waals surface area contributed by atoms with Crippen molar-refractivity contribution in [3.8, 4) is 0 Å². The number of amides is 3. The van der Waals surface area contributed by atoms with Gasteiger partial charge in [-0.2, -0.15) is 0 Å². The number of carbonyl (C=O) groups excluding carboxylic acids is 3. The first-order valence-corrected chi connectivity index (χ1v) is 25.8. The van der Waals surface area contributed by atoms with E-state index in [1.54, 1.807) is 21.9 Å². The van der Waals surface area contributed by atoms with Crippen molar-refractivity contribution in [2.24, 2.45) is 0 Å². The standard InChI is InChI=1S/C49H77N11O19/c1-34-2-4-35(5-3-34)26-51-47(75)36(52-40(62)9-7-38(49(78)79)60-24-20-57(32-45(71)72)16-12-54(29-42(65)66)13-17-58(21-25-60)33-46(73)74)27-50-39(61)8-6-37(48(76)77)59-22-18-55(30-43(67)68)14-10-53(28-41(63)64)11-15-56(19-23-59)31-44(69)70/h2-5,36-38H,6-33H2,1H3,(H,50,61)(H,51,75)(H,52,62)(H,63,64)(H,65,66)(H,67,68)(H,69,70)(H,71,72)(H,73,74)(H,76,77)(H,78,79). The van der Waals surface area contributed by atoms with E-state index in [9.17, 15) is 93.6 Å². The molecule has 3 unspecified atom stereocenters. The molecule has 30 heteroatoms. The minimum Gasteiger partial charge on any atom is -0.480 e. The van der Waals surface area contributed by atoms with Gasteiger partial charge in [-0.05, 0) is 25.3 Å². The van der Waals surface area contributed by atoms with Crippen LogP contribution < -0.4 is 16.0 Å². The van der Waals surface area contributed by atoms with Crippen LogP contribution >= 0.6 is 0 Å². The third-order valence-corrected chi connectivity index (χ3v) is 13.4. The van der Waals surface area contributed by atoms with Crippen molar-refractivity contribution >= 4 is 65.5 Å². The quantitative estimate of drug-likeness (QED) is 0.0378. The predicted octanol–water partition coefficient (Wildman–Crippen LogP) is -4.37. The molecular formula is C49H77N11O19. The third kappa shape index (κ3) is 27.5. The summed E-state index contributed by atoms with van der Waals surface area (Å²) in [4.78, 5) is 149. The first-order valence-electron chi connectivity index (χ1n) is 25.8. The molecule has 2 aliphatic heterocycles. The van der Waals surface area contributed by atoms with E-state index in [0.717, 1.165) is 5.56 Å². The molecule has 1 aromatic carbocycles. The molecule has 11 N–H and O–H groups in total. The van der Waals surface area contributed by atoms with E-state index in [4.69, 9.17) is 0 Å². The zero-order valence-electron chi connectivity index (χ0n) is 44.5. The van der Waals surface area contributed by atoms with Gasteiger partial charge in [-0.3, -0.25) is 91.9 Å². The maximum Gasteiger partial charge on any atom is 0.320 e. The van der Waals surface area contributed by atoms with Crippen LogP contribution in [-0.4, -0.2) is 314 Å². The number of hydrogen-bond acceptors (Lipinski definition) is 19. The second kappa shape index (κ2) is 34.8. The molecule has 3 rings (SSSR count). The van der Waals surface area contributed by atoms with Crippen molar-refractivity contribution in [2.75, 3.05) is 151 Å². The maximum absolute atomic E-state index is 13.8. The lowest BCUT2D eigenvalue weighted by Gasteiger charge is -2.35. The fraction of sp³-hybridized carbons (Fsp3) is 0.653. The molecule has 1 aromatic rings. The van der Waals surface area contributed by atoms with Crippen LogP contribution in [0.25, 0.3) is 0 Å². The average molecular weight is 1120 g/mol. The summed E-state index contributed by atoms with van der Waals surface area (Å²) in [5, 5.41) is 86.2. The summed E-state index contributed by atoms with van der Waals surface area (Å²) in [7, 11) is 0. The summed E-state index contributed by atoms with van der Waals surface area (Å²) in [5.74, 6) is -12.0. The van der Waals surface area contributed by atoms with Gasteiger partial charge < -0.3 is 56.8 Å². The molecule has 0 saturated carbocycles. The zero-order chi connectivity index (χ0) is 58.6. The fourth-order valence-corrected chi connectivity index (χ4v) is 9.08. The Balaban J connectivity index is 1.81. The first kappa shape index (κ1) is 66.4. The summed E-state index contributed by atoms with van der Waals surface area (Å²) in [6, 6.07) is 3.00. The van der Waals surface area contributed by atoms with Crippen LogP contribution in [0.2, 0.25) is 0 Å². The first-order chi connectivity index (χ1) is 37.4. The monoisotopic (exact) mass is 1120 g/mol. The number of aryl methyl sites for hydroxylation is 1. The molecule has 2 saturated heterocycles. The van der Waals surface area contributed by atoms with Crippen LogP contribution in [0.1, 0.15) is 36.8 Å². The fourth-order valence-electron chi connectivity index (χ4n) is 9.08. The van der Waals surface area contributed by atoms with Gasteiger partial charge in [0.05, 0.1) is 39.3 Å². The van der Waals surface area contributed by atoms with E-state index in [2.05, 4.69) is 16.0 Å². The van der Waals surface area contributed by atoms with Crippen molar-refractivity contribution in [1.29, 1.82) is 0 Å². The van der Waals surface area contributed by atoms with Gasteiger partial charge in [-0.25, -0.2) is 0 Å². The predicted molar refractivity (Wildman–Crippen MR) is 277 cm³/mol. The SMILES string of the molecule is Cc1ccc(CNC(=O)C(CNC(=O)CCC(C(=O)O)N2CCN(CC(=O)O)CCN(CC(=O)O)CCN(CC(=O)O)CC2)NC(=O)CCC(C(=O)O)N2CCN(CC(=O)O)CCN(CC(=O)O)CCN(CC(=O)O)CC2)cc1. The smallest absolute Gasteiger partial charge is 0.320 e. The molecule has 0 spiro atoms. The summed E-state index contributed by atoms with van der Waals surface area (Å²) >= 11 is 0. The Morgan fingerprint density at radius 1 is 0.418 bits per heavy atom. The number of carboxylic acid groups (broad SMARTS) is 8. The number of nitrogens with zero attached hydrogens (tertiary/aromatic N) is 8. The molecule has 30 nitrogen and oxygen atoms in total. The van der Waals surface area contributed by atoms with Gasteiger partial charge >= 0.3 is 47.8 Å².